The lowest BCUT2D eigenvalue weighted by Gasteiger charge is -2.39. The molecule has 0 aromatic heterocycles. The van der Waals surface area contributed by atoms with Crippen molar-refractivity contribution in [2.45, 2.75) is 32.2 Å². The number of piperidine rings is 1. The highest BCUT2D eigenvalue weighted by molar-refractivity contribution is 5.34. The molecule has 1 aliphatic rings. The molecule has 2 unspecified atom stereocenters. The molecule has 116 valence electrons. The molecular weight excluding hydrogens is 266 g/mol. The summed E-state index contributed by atoms with van der Waals surface area (Å²) in [4.78, 5) is 12.8. The fourth-order valence-corrected chi connectivity index (χ4v) is 3.26. The summed E-state index contributed by atoms with van der Waals surface area (Å²) in [7, 11) is 2.15. The van der Waals surface area contributed by atoms with Crippen molar-refractivity contribution >= 4 is 5.69 Å². The zero-order valence-electron chi connectivity index (χ0n) is 12.9. The molecule has 2 atom stereocenters. The van der Waals surface area contributed by atoms with E-state index in [0.717, 1.165) is 26.1 Å². The lowest BCUT2D eigenvalue weighted by molar-refractivity contribution is -0.384. The molecule has 1 heterocycles. The molecule has 0 radical (unpaired) electrons. The third-order valence-corrected chi connectivity index (χ3v) is 4.29. The second-order valence-electron chi connectivity index (χ2n) is 5.88. The van der Waals surface area contributed by atoms with Crippen LogP contribution >= 0.6 is 0 Å². The number of hydrogen-bond donors (Lipinski definition) is 1. The largest absolute Gasteiger partial charge is 0.316 e. The smallest absolute Gasteiger partial charge is 0.269 e. The summed E-state index contributed by atoms with van der Waals surface area (Å²) >= 11 is 0. The van der Waals surface area contributed by atoms with Crippen LogP contribution in [0, 0.1) is 16.0 Å². The van der Waals surface area contributed by atoms with Crippen LogP contribution in [0.25, 0.3) is 0 Å². The van der Waals surface area contributed by atoms with E-state index in [1.165, 1.54) is 18.4 Å². The van der Waals surface area contributed by atoms with E-state index in [0.29, 0.717) is 12.0 Å². The topological polar surface area (TPSA) is 58.4 Å². The van der Waals surface area contributed by atoms with Crippen LogP contribution in [0.3, 0.4) is 0 Å². The van der Waals surface area contributed by atoms with Crippen molar-refractivity contribution in [3.63, 3.8) is 0 Å². The molecule has 1 saturated heterocycles. The average Bonchev–Trinajstić information content (AvgIpc) is 2.48. The van der Waals surface area contributed by atoms with E-state index < -0.39 is 0 Å². The van der Waals surface area contributed by atoms with Crippen molar-refractivity contribution in [3.05, 3.63) is 39.9 Å². The predicted octanol–water partition coefficient (Wildman–Crippen LogP) is 2.98. The van der Waals surface area contributed by atoms with Crippen LogP contribution in [-0.2, 0) is 0 Å². The van der Waals surface area contributed by atoms with Gasteiger partial charge in [-0.1, -0.05) is 19.1 Å². The third-order valence-electron chi connectivity index (χ3n) is 4.29. The van der Waals surface area contributed by atoms with E-state index in [1.807, 2.05) is 12.1 Å². The predicted molar refractivity (Wildman–Crippen MR) is 84.4 cm³/mol. The van der Waals surface area contributed by atoms with E-state index in [2.05, 4.69) is 24.2 Å². The van der Waals surface area contributed by atoms with Gasteiger partial charge in [-0.3, -0.25) is 15.0 Å². The maximum Gasteiger partial charge on any atom is 0.269 e. The molecule has 1 aliphatic heterocycles. The highest BCUT2D eigenvalue weighted by Crippen LogP contribution is 2.35. The van der Waals surface area contributed by atoms with Crippen molar-refractivity contribution in [2.75, 3.05) is 26.7 Å². The summed E-state index contributed by atoms with van der Waals surface area (Å²) in [6, 6.07) is 7.42. The van der Waals surface area contributed by atoms with Crippen LogP contribution < -0.4 is 5.32 Å². The molecular formula is C16H25N3O2. The molecule has 5 heteroatoms. The van der Waals surface area contributed by atoms with Crippen LogP contribution in [0.15, 0.2) is 24.3 Å². The number of benzene rings is 1. The highest BCUT2D eigenvalue weighted by atomic mass is 16.6. The van der Waals surface area contributed by atoms with Crippen LogP contribution in [0.2, 0.25) is 0 Å². The minimum absolute atomic E-state index is 0.165. The Morgan fingerprint density at radius 1 is 1.38 bits per heavy atom. The van der Waals surface area contributed by atoms with Crippen LogP contribution in [0.5, 0.6) is 0 Å². The van der Waals surface area contributed by atoms with Crippen molar-refractivity contribution in [1.82, 2.24) is 10.2 Å². The third kappa shape index (κ3) is 4.02. The Hall–Kier alpha value is -1.46. The molecule has 0 spiro atoms. The van der Waals surface area contributed by atoms with Gasteiger partial charge in [-0.15, -0.1) is 0 Å². The van der Waals surface area contributed by atoms with E-state index in [4.69, 9.17) is 0 Å². The molecule has 1 N–H and O–H groups in total. The minimum atomic E-state index is -0.339. The first kappa shape index (κ1) is 15.9. The summed E-state index contributed by atoms with van der Waals surface area (Å²) in [5.41, 5.74) is 1.35. The lowest BCUT2D eigenvalue weighted by Crippen LogP contribution is -2.40. The molecule has 0 saturated carbocycles. The SMILES string of the molecule is CCCNCC1CCCN(C)C1c1ccc([N+](=O)[O-])cc1. The van der Waals surface area contributed by atoms with Crippen LogP contribution in [0.4, 0.5) is 5.69 Å². The normalized spacial score (nSPS) is 23.1. The number of hydrogen-bond acceptors (Lipinski definition) is 4. The Morgan fingerprint density at radius 3 is 2.71 bits per heavy atom. The summed E-state index contributed by atoms with van der Waals surface area (Å²) in [6.45, 7) is 5.33. The Morgan fingerprint density at radius 2 is 2.10 bits per heavy atom. The van der Waals surface area contributed by atoms with E-state index >= 15 is 0 Å². The fourth-order valence-electron chi connectivity index (χ4n) is 3.26. The number of nitro benzene ring substituents is 1. The van der Waals surface area contributed by atoms with Gasteiger partial charge in [0, 0.05) is 18.2 Å². The monoisotopic (exact) mass is 291 g/mol. The Labute approximate surface area is 126 Å². The van der Waals surface area contributed by atoms with Crippen molar-refractivity contribution in [1.29, 1.82) is 0 Å². The first-order chi connectivity index (χ1) is 10.1. The van der Waals surface area contributed by atoms with Gasteiger partial charge in [-0.2, -0.15) is 0 Å². The summed E-state index contributed by atoms with van der Waals surface area (Å²) in [5.74, 6) is 0.566. The van der Waals surface area contributed by atoms with Gasteiger partial charge in [0.1, 0.15) is 0 Å². The van der Waals surface area contributed by atoms with Crippen LogP contribution in [0.1, 0.15) is 37.8 Å². The van der Waals surface area contributed by atoms with Gasteiger partial charge in [-0.25, -0.2) is 0 Å². The number of likely N-dealkylation sites (tertiary alicyclic amines) is 1. The highest BCUT2D eigenvalue weighted by Gasteiger charge is 2.30. The number of nitrogens with zero attached hydrogens (tertiary/aromatic N) is 2. The first-order valence-electron chi connectivity index (χ1n) is 7.78. The summed E-state index contributed by atoms with van der Waals surface area (Å²) in [5, 5.41) is 14.3. The van der Waals surface area contributed by atoms with Crippen molar-refractivity contribution < 1.29 is 4.92 Å². The molecule has 0 bridgehead atoms. The maximum absolute atomic E-state index is 10.8. The average molecular weight is 291 g/mol. The first-order valence-corrected chi connectivity index (χ1v) is 7.78. The second-order valence-corrected chi connectivity index (χ2v) is 5.88. The van der Waals surface area contributed by atoms with E-state index in [-0.39, 0.29) is 10.6 Å². The number of rotatable bonds is 6. The minimum Gasteiger partial charge on any atom is -0.316 e. The van der Waals surface area contributed by atoms with Crippen molar-refractivity contribution in [3.8, 4) is 0 Å². The lowest BCUT2D eigenvalue weighted by atomic mass is 9.85. The maximum atomic E-state index is 10.8. The van der Waals surface area contributed by atoms with Gasteiger partial charge in [0.25, 0.3) is 5.69 Å². The molecule has 2 rings (SSSR count). The van der Waals surface area contributed by atoms with Gasteiger partial charge in [0.15, 0.2) is 0 Å². The van der Waals surface area contributed by atoms with Gasteiger partial charge in [0.05, 0.1) is 4.92 Å². The molecule has 0 aliphatic carbocycles. The Balaban J connectivity index is 2.13. The van der Waals surface area contributed by atoms with Crippen LogP contribution in [-0.4, -0.2) is 36.5 Å². The molecule has 0 amide bonds. The van der Waals surface area contributed by atoms with Gasteiger partial charge in [-0.05, 0) is 57.4 Å². The number of nitro groups is 1. The fraction of sp³-hybridized carbons (Fsp3) is 0.625. The number of non-ortho nitro benzene ring substituents is 1. The van der Waals surface area contributed by atoms with Crippen molar-refractivity contribution in [2.24, 2.45) is 5.92 Å². The van der Waals surface area contributed by atoms with E-state index in [9.17, 15) is 10.1 Å². The second kappa shape index (κ2) is 7.52. The van der Waals surface area contributed by atoms with E-state index in [1.54, 1.807) is 12.1 Å². The Kier molecular flexibility index (Phi) is 5.70. The molecule has 1 aromatic rings. The standard InChI is InChI=1S/C16H25N3O2/c1-3-10-17-12-14-5-4-11-18(2)16(14)13-6-8-15(9-7-13)19(20)21/h6-9,14,16-17H,3-5,10-12H2,1-2H3. The van der Waals surface area contributed by atoms with Gasteiger partial charge >= 0.3 is 0 Å². The molecule has 1 aromatic carbocycles. The van der Waals surface area contributed by atoms with Gasteiger partial charge < -0.3 is 5.32 Å². The summed E-state index contributed by atoms with van der Waals surface area (Å²) < 4.78 is 0. The zero-order chi connectivity index (χ0) is 15.2. The molecule has 1 fully saturated rings. The zero-order valence-corrected chi connectivity index (χ0v) is 12.9. The Bertz CT molecular complexity index is 461. The quantitative estimate of drug-likeness (QED) is 0.497. The number of nitrogens with one attached hydrogen (secondary N) is 1. The van der Waals surface area contributed by atoms with Gasteiger partial charge in [0.2, 0.25) is 0 Å². The molecule has 21 heavy (non-hydrogen) atoms. The molecule has 5 nitrogen and oxygen atoms in total. The summed E-state index contributed by atoms with van der Waals surface area (Å²) in [6.07, 6.45) is 3.58.